The minimum Gasteiger partial charge on any atom is -0.352 e. The summed E-state index contributed by atoms with van der Waals surface area (Å²) in [4.78, 5) is 27.1. The van der Waals surface area contributed by atoms with Crippen LogP contribution in [0.15, 0.2) is 42.5 Å². The van der Waals surface area contributed by atoms with Gasteiger partial charge >= 0.3 is 0 Å². The van der Waals surface area contributed by atoms with E-state index in [9.17, 15) is 18.4 Å². The van der Waals surface area contributed by atoms with Crippen molar-refractivity contribution in [1.29, 1.82) is 0 Å². The summed E-state index contributed by atoms with van der Waals surface area (Å²) in [6, 6.07) is 9.52. The van der Waals surface area contributed by atoms with E-state index in [2.05, 4.69) is 5.32 Å². The first kappa shape index (κ1) is 25.1. The van der Waals surface area contributed by atoms with E-state index in [4.69, 9.17) is 11.6 Å². The number of halogens is 3. The van der Waals surface area contributed by atoms with Gasteiger partial charge in [0.1, 0.15) is 17.7 Å². The third-order valence-electron chi connectivity index (χ3n) is 4.97. The van der Waals surface area contributed by atoms with Crippen molar-refractivity contribution >= 4 is 35.2 Å². The van der Waals surface area contributed by atoms with Crippen LogP contribution >= 0.6 is 23.4 Å². The number of hydrogen-bond acceptors (Lipinski definition) is 3. The van der Waals surface area contributed by atoms with Crippen LogP contribution in [0.5, 0.6) is 0 Å². The predicted octanol–water partition coefficient (Wildman–Crippen LogP) is 5.18. The third kappa shape index (κ3) is 7.51. The summed E-state index contributed by atoms with van der Waals surface area (Å²) in [5.41, 5.74) is 1.05. The quantitative estimate of drug-likeness (QED) is 0.522. The van der Waals surface area contributed by atoms with Gasteiger partial charge in [0, 0.05) is 28.9 Å². The van der Waals surface area contributed by atoms with Gasteiger partial charge in [-0.1, -0.05) is 36.7 Å². The highest BCUT2D eigenvalue weighted by Gasteiger charge is 2.26. The Kier molecular flexibility index (Phi) is 9.78. The lowest BCUT2D eigenvalue weighted by Gasteiger charge is -2.29. The number of thioether (sulfide) groups is 1. The second kappa shape index (κ2) is 12.1. The maximum absolute atomic E-state index is 14.0. The summed E-state index contributed by atoms with van der Waals surface area (Å²) in [6.07, 6.45) is 0.767. The molecule has 31 heavy (non-hydrogen) atoms. The van der Waals surface area contributed by atoms with Crippen LogP contribution in [0.2, 0.25) is 5.02 Å². The molecule has 0 aliphatic heterocycles. The fourth-order valence-electron chi connectivity index (χ4n) is 2.83. The summed E-state index contributed by atoms with van der Waals surface area (Å²) in [7, 11) is 0. The molecule has 2 aromatic rings. The molecule has 0 heterocycles. The van der Waals surface area contributed by atoms with E-state index in [-0.39, 0.29) is 41.7 Å². The first-order valence-electron chi connectivity index (χ1n) is 10.1. The third-order valence-corrected chi connectivity index (χ3v) is 6.27. The Bertz CT molecular complexity index is 875. The molecule has 8 heteroatoms. The van der Waals surface area contributed by atoms with Crippen LogP contribution in [-0.2, 0) is 21.9 Å². The zero-order chi connectivity index (χ0) is 23.0. The van der Waals surface area contributed by atoms with Crippen LogP contribution in [0.4, 0.5) is 8.78 Å². The topological polar surface area (TPSA) is 49.4 Å². The molecule has 0 saturated heterocycles. The number of amides is 2. The Labute approximate surface area is 191 Å². The van der Waals surface area contributed by atoms with Gasteiger partial charge in [-0.15, -0.1) is 11.8 Å². The van der Waals surface area contributed by atoms with Crippen molar-refractivity contribution in [3.8, 4) is 0 Å². The molecule has 0 aliphatic carbocycles. The summed E-state index contributed by atoms with van der Waals surface area (Å²) in [5, 5.41) is 3.20. The van der Waals surface area contributed by atoms with Crippen molar-refractivity contribution in [2.75, 3.05) is 5.75 Å². The SMILES string of the molecule is CC[C@@H](C)NC(=O)[C@H](C)N(Cc1ccc(F)cc1)C(=O)CSCc1c(F)cccc1Cl. The predicted molar refractivity (Wildman–Crippen MR) is 122 cm³/mol. The minimum absolute atomic E-state index is 0.0182. The van der Waals surface area contributed by atoms with Gasteiger partial charge in [-0.25, -0.2) is 8.78 Å². The average Bonchev–Trinajstić information content (AvgIpc) is 2.74. The molecule has 2 atom stereocenters. The molecular weight excluding hydrogens is 442 g/mol. The van der Waals surface area contributed by atoms with E-state index < -0.39 is 11.9 Å². The molecule has 1 N–H and O–H groups in total. The van der Waals surface area contributed by atoms with Gasteiger partial charge in [0.15, 0.2) is 0 Å². The highest BCUT2D eigenvalue weighted by molar-refractivity contribution is 7.99. The normalized spacial score (nSPS) is 12.8. The largest absolute Gasteiger partial charge is 0.352 e. The molecule has 2 aromatic carbocycles. The average molecular weight is 469 g/mol. The van der Waals surface area contributed by atoms with Crippen molar-refractivity contribution < 1.29 is 18.4 Å². The molecule has 2 amide bonds. The first-order valence-corrected chi connectivity index (χ1v) is 11.6. The first-order chi connectivity index (χ1) is 14.7. The van der Waals surface area contributed by atoms with E-state index in [1.54, 1.807) is 25.1 Å². The highest BCUT2D eigenvalue weighted by atomic mass is 35.5. The summed E-state index contributed by atoms with van der Waals surface area (Å²) < 4.78 is 27.2. The van der Waals surface area contributed by atoms with Crippen molar-refractivity contribution in [2.45, 2.75) is 51.6 Å². The van der Waals surface area contributed by atoms with E-state index in [0.29, 0.717) is 16.1 Å². The number of carbonyl (C=O) groups is 2. The maximum atomic E-state index is 14.0. The van der Waals surface area contributed by atoms with E-state index in [1.165, 1.54) is 40.9 Å². The van der Waals surface area contributed by atoms with Gasteiger partial charge in [0.2, 0.25) is 11.8 Å². The molecule has 0 aromatic heterocycles. The zero-order valence-electron chi connectivity index (χ0n) is 17.8. The van der Waals surface area contributed by atoms with Gasteiger partial charge in [0.25, 0.3) is 0 Å². The smallest absolute Gasteiger partial charge is 0.242 e. The Hall–Kier alpha value is -2.12. The second-order valence-corrected chi connectivity index (χ2v) is 8.73. The Morgan fingerprint density at radius 3 is 2.42 bits per heavy atom. The van der Waals surface area contributed by atoms with E-state index in [0.717, 1.165) is 6.42 Å². The molecule has 0 saturated carbocycles. The molecular formula is C23H27ClF2N2O2S. The fraction of sp³-hybridized carbons (Fsp3) is 0.391. The number of hydrogen-bond donors (Lipinski definition) is 1. The summed E-state index contributed by atoms with van der Waals surface area (Å²) in [6.45, 7) is 5.68. The molecule has 168 valence electrons. The summed E-state index contributed by atoms with van der Waals surface area (Å²) >= 11 is 7.27. The van der Waals surface area contributed by atoms with E-state index >= 15 is 0 Å². The number of nitrogens with one attached hydrogen (secondary N) is 1. The fourth-order valence-corrected chi connectivity index (χ4v) is 4.08. The lowest BCUT2D eigenvalue weighted by atomic mass is 10.1. The van der Waals surface area contributed by atoms with Gasteiger partial charge in [-0.3, -0.25) is 9.59 Å². The van der Waals surface area contributed by atoms with Crippen molar-refractivity contribution in [1.82, 2.24) is 10.2 Å². The number of rotatable bonds is 10. The van der Waals surface area contributed by atoms with Gasteiger partial charge in [-0.2, -0.15) is 0 Å². The molecule has 4 nitrogen and oxygen atoms in total. The molecule has 2 rings (SSSR count). The number of benzene rings is 2. The van der Waals surface area contributed by atoms with Gasteiger partial charge < -0.3 is 10.2 Å². The van der Waals surface area contributed by atoms with E-state index in [1.807, 2.05) is 13.8 Å². The summed E-state index contributed by atoms with van der Waals surface area (Å²) in [5.74, 6) is -1.04. The molecule has 0 aliphatic rings. The zero-order valence-corrected chi connectivity index (χ0v) is 19.4. The van der Waals surface area contributed by atoms with Crippen LogP contribution < -0.4 is 5.32 Å². The molecule has 0 fully saturated rings. The van der Waals surface area contributed by atoms with Crippen molar-refractivity contribution in [3.05, 3.63) is 70.2 Å². The van der Waals surface area contributed by atoms with Crippen LogP contribution in [0.3, 0.4) is 0 Å². The van der Waals surface area contributed by atoms with Crippen LogP contribution in [-0.4, -0.2) is 34.6 Å². The van der Waals surface area contributed by atoms with Crippen LogP contribution in [0.25, 0.3) is 0 Å². The van der Waals surface area contributed by atoms with Crippen molar-refractivity contribution in [2.24, 2.45) is 0 Å². The Morgan fingerprint density at radius 2 is 1.81 bits per heavy atom. The molecule has 0 bridgehead atoms. The maximum Gasteiger partial charge on any atom is 0.242 e. The lowest BCUT2D eigenvalue weighted by Crippen LogP contribution is -2.50. The molecule has 0 radical (unpaired) electrons. The number of nitrogens with zero attached hydrogens (tertiary/aromatic N) is 1. The molecule has 0 unspecified atom stereocenters. The second-order valence-electron chi connectivity index (χ2n) is 7.33. The van der Waals surface area contributed by atoms with Crippen LogP contribution in [0.1, 0.15) is 38.3 Å². The van der Waals surface area contributed by atoms with Gasteiger partial charge in [-0.05, 0) is 50.1 Å². The highest BCUT2D eigenvalue weighted by Crippen LogP contribution is 2.24. The monoisotopic (exact) mass is 468 g/mol. The molecule has 0 spiro atoms. The van der Waals surface area contributed by atoms with Gasteiger partial charge in [0.05, 0.1) is 5.75 Å². The lowest BCUT2D eigenvalue weighted by molar-refractivity contribution is -0.138. The standard InChI is InChI=1S/C23H27ClF2N2O2S/c1-4-15(2)27-23(30)16(3)28(12-17-8-10-18(25)11-9-17)22(29)14-31-13-19-20(24)6-5-7-21(19)26/h5-11,15-16H,4,12-14H2,1-3H3,(H,27,30)/t15-,16+/m1/s1. The van der Waals surface area contributed by atoms with Crippen LogP contribution in [0, 0.1) is 11.6 Å². The minimum atomic E-state index is -0.718. The van der Waals surface area contributed by atoms with Crippen molar-refractivity contribution in [3.63, 3.8) is 0 Å². The Morgan fingerprint density at radius 1 is 1.13 bits per heavy atom. The Balaban J connectivity index is 2.11. The number of carbonyl (C=O) groups excluding carboxylic acids is 2.